The zero-order valence-corrected chi connectivity index (χ0v) is 14.0. The van der Waals surface area contributed by atoms with Gasteiger partial charge in [-0.1, -0.05) is 30.3 Å². The number of hydrogen-bond donors (Lipinski definition) is 0. The summed E-state index contributed by atoms with van der Waals surface area (Å²) in [5.41, 5.74) is 1.38. The summed E-state index contributed by atoms with van der Waals surface area (Å²) < 4.78 is 6.25. The second-order valence-corrected chi connectivity index (χ2v) is 6.76. The molecule has 0 N–H and O–H groups in total. The zero-order chi connectivity index (χ0) is 16.2. The topological polar surface area (TPSA) is 41.5 Å². The van der Waals surface area contributed by atoms with Crippen LogP contribution in [-0.4, -0.2) is 53.3 Å². The molecule has 0 bridgehead atoms. The SMILES string of the molecule is c1ccc(CN2CCOC3(CCN(c4ncccn4)CC3)C2)cc1. The summed E-state index contributed by atoms with van der Waals surface area (Å²) >= 11 is 0. The van der Waals surface area contributed by atoms with Crippen LogP contribution < -0.4 is 4.90 Å². The average Bonchev–Trinajstić information content (AvgIpc) is 2.64. The van der Waals surface area contributed by atoms with E-state index in [1.54, 1.807) is 0 Å². The van der Waals surface area contributed by atoms with Crippen molar-refractivity contribution < 1.29 is 4.74 Å². The van der Waals surface area contributed by atoms with Crippen LogP contribution in [0.25, 0.3) is 0 Å². The first-order chi connectivity index (χ1) is 11.8. The van der Waals surface area contributed by atoms with E-state index in [9.17, 15) is 0 Å². The third-order valence-electron chi connectivity index (χ3n) is 5.09. The molecule has 2 aliphatic rings. The van der Waals surface area contributed by atoms with Crippen LogP contribution in [0.2, 0.25) is 0 Å². The van der Waals surface area contributed by atoms with Crippen molar-refractivity contribution in [1.82, 2.24) is 14.9 Å². The number of ether oxygens (including phenoxy) is 1. The minimum atomic E-state index is -0.00168. The van der Waals surface area contributed by atoms with E-state index in [1.807, 2.05) is 18.5 Å². The summed E-state index contributed by atoms with van der Waals surface area (Å²) in [6.45, 7) is 5.80. The van der Waals surface area contributed by atoms with Crippen LogP contribution >= 0.6 is 0 Å². The maximum atomic E-state index is 6.25. The van der Waals surface area contributed by atoms with Crippen LogP contribution in [0.4, 0.5) is 5.95 Å². The Balaban J connectivity index is 1.38. The summed E-state index contributed by atoms with van der Waals surface area (Å²) in [5.74, 6) is 0.837. The van der Waals surface area contributed by atoms with Gasteiger partial charge in [-0.05, 0) is 24.5 Å². The molecule has 1 aromatic carbocycles. The van der Waals surface area contributed by atoms with Gasteiger partial charge >= 0.3 is 0 Å². The number of morpholine rings is 1. The summed E-state index contributed by atoms with van der Waals surface area (Å²) in [6.07, 6.45) is 5.70. The summed E-state index contributed by atoms with van der Waals surface area (Å²) in [4.78, 5) is 13.5. The second-order valence-electron chi connectivity index (χ2n) is 6.76. The molecule has 5 nitrogen and oxygen atoms in total. The van der Waals surface area contributed by atoms with Gasteiger partial charge in [-0.15, -0.1) is 0 Å². The Bertz CT molecular complexity index is 641. The van der Waals surface area contributed by atoms with Crippen molar-refractivity contribution >= 4 is 5.95 Å². The fraction of sp³-hybridized carbons (Fsp3) is 0.474. The number of piperidine rings is 1. The number of hydrogen-bond acceptors (Lipinski definition) is 5. The Morgan fingerprint density at radius 1 is 0.958 bits per heavy atom. The fourth-order valence-corrected chi connectivity index (χ4v) is 3.77. The van der Waals surface area contributed by atoms with E-state index >= 15 is 0 Å². The second kappa shape index (κ2) is 6.87. The van der Waals surface area contributed by atoms with E-state index in [1.165, 1.54) is 5.56 Å². The minimum Gasteiger partial charge on any atom is -0.372 e. The van der Waals surface area contributed by atoms with Gasteiger partial charge in [0.05, 0.1) is 12.2 Å². The van der Waals surface area contributed by atoms with Gasteiger partial charge in [0.15, 0.2) is 0 Å². The lowest BCUT2D eigenvalue weighted by Gasteiger charge is -2.47. The molecule has 3 heterocycles. The van der Waals surface area contributed by atoms with E-state index in [2.05, 4.69) is 50.1 Å². The van der Waals surface area contributed by atoms with E-state index in [-0.39, 0.29) is 5.60 Å². The minimum absolute atomic E-state index is 0.00168. The molecule has 2 aromatic rings. The first-order valence-corrected chi connectivity index (χ1v) is 8.75. The van der Waals surface area contributed by atoms with Gasteiger partial charge in [-0.25, -0.2) is 9.97 Å². The van der Waals surface area contributed by atoms with E-state index in [0.29, 0.717) is 0 Å². The van der Waals surface area contributed by atoms with Crippen molar-refractivity contribution in [3.8, 4) is 0 Å². The van der Waals surface area contributed by atoms with E-state index in [4.69, 9.17) is 4.74 Å². The van der Waals surface area contributed by atoms with Crippen LogP contribution in [0.1, 0.15) is 18.4 Å². The molecule has 2 fully saturated rings. The molecule has 4 rings (SSSR count). The Morgan fingerprint density at radius 3 is 2.46 bits per heavy atom. The number of aromatic nitrogens is 2. The normalized spacial score (nSPS) is 21.1. The lowest BCUT2D eigenvalue weighted by atomic mass is 9.89. The highest BCUT2D eigenvalue weighted by Crippen LogP contribution is 2.31. The molecular weight excluding hydrogens is 300 g/mol. The molecule has 126 valence electrons. The molecule has 24 heavy (non-hydrogen) atoms. The average molecular weight is 324 g/mol. The molecule has 0 atom stereocenters. The molecule has 2 saturated heterocycles. The highest BCUT2D eigenvalue weighted by atomic mass is 16.5. The molecule has 1 aromatic heterocycles. The molecule has 0 aliphatic carbocycles. The van der Waals surface area contributed by atoms with Crippen molar-refractivity contribution in [2.45, 2.75) is 25.0 Å². The van der Waals surface area contributed by atoms with Crippen molar-refractivity contribution in [3.05, 3.63) is 54.4 Å². The van der Waals surface area contributed by atoms with Gasteiger partial charge in [0.1, 0.15) is 0 Å². The van der Waals surface area contributed by atoms with Crippen molar-refractivity contribution in [2.75, 3.05) is 37.7 Å². The predicted octanol–water partition coefficient (Wildman–Crippen LogP) is 2.35. The van der Waals surface area contributed by atoms with Crippen LogP contribution in [0.3, 0.4) is 0 Å². The lowest BCUT2D eigenvalue weighted by Crippen LogP contribution is -2.56. The van der Waals surface area contributed by atoms with E-state index in [0.717, 1.165) is 58.1 Å². The molecule has 0 unspecified atom stereocenters. The number of rotatable bonds is 3. The Labute approximate surface area is 143 Å². The standard InChI is InChI=1S/C19H24N4O/c1-2-5-17(6-3-1)15-22-13-14-24-19(16-22)7-11-23(12-8-19)18-20-9-4-10-21-18/h1-6,9-10H,7-8,11-16H2. The van der Waals surface area contributed by atoms with Crippen LogP contribution in [0.5, 0.6) is 0 Å². The number of nitrogens with zero attached hydrogens (tertiary/aromatic N) is 4. The summed E-state index contributed by atoms with van der Waals surface area (Å²) in [7, 11) is 0. The van der Waals surface area contributed by atoms with Crippen LogP contribution in [0, 0.1) is 0 Å². The molecule has 0 saturated carbocycles. The van der Waals surface area contributed by atoms with Gasteiger partial charge in [-0.3, -0.25) is 4.90 Å². The number of anilines is 1. The van der Waals surface area contributed by atoms with Crippen LogP contribution in [0.15, 0.2) is 48.8 Å². The molecule has 2 aliphatic heterocycles. The van der Waals surface area contributed by atoms with Gasteiger partial charge in [0, 0.05) is 45.1 Å². The van der Waals surface area contributed by atoms with Crippen molar-refractivity contribution in [1.29, 1.82) is 0 Å². The predicted molar refractivity (Wildman–Crippen MR) is 93.9 cm³/mol. The fourth-order valence-electron chi connectivity index (χ4n) is 3.77. The van der Waals surface area contributed by atoms with Gasteiger partial charge in [-0.2, -0.15) is 0 Å². The monoisotopic (exact) mass is 324 g/mol. The molecular formula is C19H24N4O. The quantitative estimate of drug-likeness (QED) is 0.867. The maximum Gasteiger partial charge on any atom is 0.225 e. The Morgan fingerprint density at radius 2 is 1.71 bits per heavy atom. The summed E-state index contributed by atoms with van der Waals surface area (Å²) in [5, 5.41) is 0. The molecule has 1 spiro atoms. The third kappa shape index (κ3) is 3.42. The Kier molecular flexibility index (Phi) is 4.45. The van der Waals surface area contributed by atoms with Gasteiger partial charge < -0.3 is 9.64 Å². The zero-order valence-electron chi connectivity index (χ0n) is 14.0. The van der Waals surface area contributed by atoms with Gasteiger partial charge in [0.25, 0.3) is 0 Å². The third-order valence-corrected chi connectivity index (χ3v) is 5.09. The van der Waals surface area contributed by atoms with Gasteiger partial charge in [0.2, 0.25) is 5.95 Å². The molecule has 0 radical (unpaired) electrons. The first-order valence-electron chi connectivity index (χ1n) is 8.75. The highest BCUT2D eigenvalue weighted by molar-refractivity contribution is 5.29. The first kappa shape index (κ1) is 15.5. The lowest BCUT2D eigenvalue weighted by molar-refractivity contribution is -0.122. The van der Waals surface area contributed by atoms with Crippen LogP contribution in [-0.2, 0) is 11.3 Å². The van der Waals surface area contributed by atoms with E-state index < -0.39 is 0 Å². The smallest absolute Gasteiger partial charge is 0.225 e. The van der Waals surface area contributed by atoms with Crippen molar-refractivity contribution in [3.63, 3.8) is 0 Å². The maximum absolute atomic E-state index is 6.25. The largest absolute Gasteiger partial charge is 0.372 e. The number of benzene rings is 1. The molecule has 0 amide bonds. The highest BCUT2D eigenvalue weighted by Gasteiger charge is 2.40. The van der Waals surface area contributed by atoms with Crippen molar-refractivity contribution in [2.24, 2.45) is 0 Å². The molecule has 5 heteroatoms. The summed E-state index contributed by atoms with van der Waals surface area (Å²) in [6, 6.07) is 12.6. The Hall–Kier alpha value is -1.98.